The van der Waals surface area contributed by atoms with Gasteiger partial charge in [-0.05, 0) is 30.5 Å². The number of nitrogens with one attached hydrogen (secondary N) is 1. The molecule has 2 rings (SSSR count). The van der Waals surface area contributed by atoms with E-state index in [2.05, 4.69) is 5.32 Å². The van der Waals surface area contributed by atoms with Crippen LogP contribution in [0.5, 0.6) is 0 Å². The summed E-state index contributed by atoms with van der Waals surface area (Å²) in [5, 5.41) is 3.28. The second kappa shape index (κ2) is 7.43. The van der Waals surface area contributed by atoms with Crippen molar-refractivity contribution in [2.45, 2.75) is 31.4 Å². The minimum Gasteiger partial charge on any atom is -0.467 e. The highest BCUT2D eigenvalue weighted by Crippen LogP contribution is 2.15. The van der Waals surface area contributed by atoms with Gasteiger partial charge < -0.3 is 14.8 Å². The van der Waals surface area contributed by atoms with Gasteiger partial charge in [0, 0.05) is 18.1 Å². The fraction of sp³-hybridized carbons (Fsp3) is 0.467. The van der Waals surface area contributed by atoms with Crippen molar-refractivity contribution in [3.8, 4) is 0 Å². The Hall–Kier alpha value is -1.59. The van der Waals surface area contributed by atoms with Crippen LogP contribution in [-0.2, 0) is 25.5 Å². The zero-order chi connectivity index (χ0) is 15.2. The predicted molar refractivity (Wildman–Crippen MR) is 78.1 cm³/mol. The Balaban J connectivity index is 2.03. The van der Waals surface area contributed by atoms with E-state index in [1.807, 2.05) is 6.07 Å². The lowest BCUT2D eigenvalue weighted by atomic mass is 10.1. The number of ether oxygens (including phenoxy) is 2. The number of rotatable bonds is 5. The molecule has 1 aromatic rings. The molecule has 1 fully saturated rings. The Morgan fingerprint density at radius 2 is 2.33 bits per heavy atom. The van der Waals surface area contributed by atoms with E-state index in [4.69, 9.17) is 21.1 Å². The number of methoxy groups -OCH3 is 1. The van der Waals surface area contributed by atoms with Crippen molar-refractivity contribution in [1.29, 1.82) is 0 Å². The molecule has 1 N–H and O–H groups in total. The van der Waals surface area contributed by atoms with Crippen LogP contribution in [0.4, 0.5) is 0 Å². The summed E-state index contributed by atoms with van der Waals surface area (Å²) in [4.78, 5) is 23.9. The van der Waals surface area contributed by atoms with Gasteiger partial charge in [0.25, 0.3) is 0 Å². The van der Waals surface area contributed by atoms with E-state index >= 15 is 0 Å². The number of esters is 1. The smallest absolute Gasteiger partial charge is 0.328 e. The normalized spacial score (nSPS) is 19.0. The molecule has 0 aliphatic carbocycles. The molecule has 21 heavy (non-hydrogen) atoms. The standard InChI is InChI=1S/C15H18ClNO4/c1-20-15(19)12(9-10-4-2-5-11(16)8-10)17-14(18)13-6-3-7-21-13/h2,4-5,8,12-13H,3,6-7,9H2,1H3,(H,17,18)/t12-,13-/m0/s1. The topological polar surface area (TPSA) is 64.6 Å². The third-order valence-electron chi connectivity index (χ3n) is 3.35. The van der Waals surface area contributed by atoms with Gasteiger partial charge in [-0.2, -0.15) is 0 Å². The number of carbonyl (C=O) groups is 2. The molecule has 1 amide bonds. The number of amides is 1. The summed E-state index contributed by atoms with van der Waals surface area (Å²) >= 11 is 5.93. The van der Waals surface area contributed by atoms with Gasteiger partial charge in [0.15, 0.2) is 0 Å². The Morgan fingerprint density at radius 1 is 1.52 bits per heavy atom. The Morgan fingerprint density at radius 3 is 2.95 bits per heavy atom. The molecule has 1 aromatic carbocycles. The van der Waals surface area contributed by atoms with Gasteiger partial charge in [-0.1, -0.05) is 23.7 Å². The summed E-state index contributed by atoms with van der Waals surface area (Å²) < 4.78 is 10.1. The van der Waals surface area contributed by atoms with Crippen molar-refractivity contribution in [3.05, 3.63) is 34.9 Å². The number of hydrogen-bond donors (Lipinski definition) is 1. The second-order valence-corrected chi connectivity index (χ2v) is 5.36. The molecule has 0 aromatic heterocycles. The highest BCUT2D eigenvalue weighted by molar-refractivity contribution is 6.30. The first-order valence-electron chi connectivity index (χ1n) is 6.84. The summed E-state index contributed by atoms with van der Waals surface area (Å²) in [7, 11) is 1.30. The molecule has 114 valence electrons. The third kappa shape index (κ3) is 4.44. The van der Waals surface area contributed by atoms with Crippen LogP contribution in [-0.4, -0.2) is 37.7 Å². The Bertz CT molecular complexity index is 514. The lowest BCUT2D eigenvalue weighted by molar-refractivity contribution is -0.146. The molecule has 5 nitrogen and oxygen atoms in total. The van der Waals surface area contributed by atoms with Crippen LogP contribution in [0.2, 0.25) is 5.02 Å². The second-order valence-electron chi connectivity index (χ2n) is 4.92. The minimum absolute atomic E-state index is 0.273. The molecule has 0 spiro atoms. The zero-order valence-electron chi connectivity index (χ0n) is 11.8. The van der Waals surface area contributed by atoms with E-state index in [-0.39, 0.29) is 5.91 Å². The fourth-order valence-corrected chi connectivity index (χ4v) is 2.50. The van der Waals surface area contributed by atoms with Crippen molar-refractivity contribution in [2.75, 3.05) is 13.7 Å². The van der Waals surface area contributed by atoms with Crippen LogP contribution in [0.1, 0.15) is 18.4 Å². The number of benzene rings is 1. The van der Waals surface area contributed by atoms with Crippen LogP contribution < -0.4 is 5.32 Å². The average molecular weight is 312 g/mol. The molecule has 0 saturated carbocycles. The highest BCUT2D eigenvalue weighted by atomic mass is 35.5. The minimum atomic E-state index is -0.745. The average Bonchev–Trinajstić information content (AvgIpc) is 3.00. The maximum Gasteiger partial charge on any atom is 0.328 e. The maximum atomic E-state index is 12.1. The van der Waals surface area contributed by atoms with Crippen LogP contribution in [0.3, 0.4) is 0 Å². The van der Waals surface area contributed by atoms with Gasteiger partial charge >= 0.3 is 5.97 Å². The quantitative estimate of drug-likeness (QED) is 0.841. The largest absolute Gasteiger partial charge is 0.467 e. The molecule has 1 aliphatic rings. The van der Waals surface area contributed by atoms with Crippen molar-refractivity contribution in [1.82, 2.24) is 5.32 Å². The van der Waals surface area contributed by atoms with Crippen molar-refractivity contribution >= 4 is 23.5 Å². The third-order valence-corrected chi connectivity index (χ3v) is 3.59. The molecular formula is C15H18ClNO4. The van der Waals surface area contributed by atoms with E-state index < -0.39 is 18.1 Å². The molecule has 6 heteroatoms. The van der Waals surface area contributed by atoms with Crippen LogP contribution in [0.15, 0.2) is 24.3 Å². The fourth-order valence-electron chi connectivity index (χ4n) is 2.28. The number of halogens is 1. The number of carbonyl (C=O) groups excluding carboxylic acids is 2. The molecule has 0 radical (unpaired) electrons. The lowest BCUT2D eigenvalue weighted by Gasteiger charge is -2.18. The van der Waals surface area contributed by atoms with Crippen LogP contribution in [0.25, 0.3) is 0 Å². The van der Waals surface area contributed by atoms with Gasteiger partial charge in [0.2, 0.25) is 5.91 Å². The molecular weight excluding hydrogens is 294 g/mol. The van der Waals surface area contributed by atoms with Crippen molar-refractivity contribution in [3.63, 3.8) is 0 Å². The molecule has 1 aliphatic heterocycles. The number of hydrogen-bond acceptors (Lipinski definition) is 4. The monoisotopic (exact) mass is 311 g/mol. The van der Waals surface area contributed by atoms with Crippen LogP contribution >= 0.6 is 11.6 Å². The van der Waals surface area contributed by atoms with Crippen molar-refractivity contribution < 1.29 is 19.1 Å². The first-order chi connectivity index (χ1) is 10.1. The molecule has 0 bridgehead atoms. The molecule has 2 atom stereocenters. The first-order valence-corrected chi connectivity index (χ1v) is 7.22. The van der Waals surface area contributed by atoms with Gasteiger partial charge in [-0.3, -0.25) is 4.79 Å². The summed E-state index contributed by atoms with van der Waals surface area (Å²) in [6, 6.07) is 6.41. The summed E-state index contributed by atoms with van der Waals surface area (Å²) in [6.07, 6.45) is 1.38. The first kappa shape index (κ1) is 15.8. The van der Waals surface area contributed by atoms with Gasteiger partial charge in [0.05, 0.1) is 7.11 Å². The van der Waals surface area contributed by atoms with Gasteiger partial charge in [-0.25, -0.2) is 4.79 Å². The van der Waals surface area contributed by atoms with E-state index in [1.54, 1.807) is 18.2 Å². The highest BCUT2D eigenvalue weighted by Gasteiger charge is 2.28. The van der Waals surface area contributed by atoms with Crippen molar-refractivity contribution in [2.24, 2.45) is 0 Å². The summed E-state index contributed by atoms with van der Waals surface area (Å²) in [6.45, 7) is 0.579. The maximum absolute atomic E-state index is 12.1. The zero-order valence-corrected chi connectivity index (χ0v) is 12.6. The Labute approximate surface area is 128 Å². The molecule has 1 heterocycles. The van der Waals surface area contributed by atoms with E-state index in [1.165, 1.54) is 7.11 Å². The van der Waals surface area contributed by atoms with Gasteiger partial charge in [0.1, 0.15) is 12.1 Å². The molecule has 1 saturated heterocycles. The van der Waals surface area contributed by atoms with E-state index in [0.717, 1.165) is 12.0 Å². The Kier molecular flexibility index (Phi) is 5.59. The van der Waals surface area contributed by atoms with Crippen LogP contribution in [0, 0.1) is 0 Å². The molecule has 0 unspecified atom stereocenters. The van der Waals surface area contributed by atoms with Gasteiger partial charge in [-0.15, -0.1) is 0 Å². The van der Waals surface area contributed by atoms with E-state index in [9.17, 15) is 9.59 Å². The predicted octanol–water partition coefficient (Wildman–Crippen LogP) is 1.72. The van der Waals surface area contributed by atoms with E-state index in [0.29, 0.717) is 24.5 Å². The summed E-state index contributed by atoms with van der Waals surface area (Å²) in [5.41, 5.74) is 0.852. The summed E-state index contributed by atoms with van der Waals surface area (Å²) in [5.74, 6) is -0.758. The SMILES string of the molecule is COC(=O)[C@H](Cc1cccc(Cl)c1)NC(=O)[C@@H]1CCCO1. The lowest BCUT2D eigenvalue weighted by Crippen LogP contribution is -2.47.